The number of rotatable bonds is 11. The minimum absolute atomic E-state index is 0.204. The van der Waals surface area contributed by atoms with Crippen LogP contribution in [0.25, 0.3) is 22.3 Å². The molecule has 0 amide bonds. The van der Waals surface area contributed by atoms with Crippen molar-refractivity contribution in [3.63, 3.8) is 0 Å². The molecule has 0 bridgehead atoms. The number of aromatic nitrogens is 2. The van der Waals surface area contributed by atoms with Crippen LogP contribution >= 0.6 is 15.9 Å². The van der Waals surface area contributed by atoms with Gasteiger partial charge in [0.15, 0.2) is 17.3 Å². The first-order valence-corrected chi connectivity index (χ1v) is 15.6. The molecule has 1 aromatic heterocycles. The zero-order valence-electron chi connectivity index (χ0n) is 25.6. The molecule has 5 aromatic rings. The van der Waals surface area contributed by atoms with Gasteiger partial charge in [-0.15, -0.1) is 0 Å². The van der Waals surface area contributed by atoms with Gasteiger partial charge >= 0.3 is 0 Å². The Hall–Kier alpha value is -4.43. The van der Waals surface area contributed by atoms with E-state index in [1.807, 2.05) is 87.5 Å². The highest BCUT2D eigenvalue weighted by Crippen LogP contribution is 2.36. The third kappa shape index (κ3) is 6.70. The van der Waals surface area contributed by atoms with Crippen LogP contribution in [0.3, 0.4) is 0 Å². The van der Waals surface area contributed by atoms with Gasteiger partial charge in [0.05, 0.1) is 30.3 Å². The van der Waals surface area contributed by atoms with Gasteiger partial charge < -0.3 is 14.2 Å². The molecule has 0 unspecified atom stereocenters. The van der Waals surface area contributed by atoms with Gasteiger partial charge in [0, 0.05) is 15.6 Å². The molecule has 0 aliphatic heterocycles. The second kappa shape index (κ2) is 13.9. The van der Waals surface area contributed by atoms with Gasteiger partial charge in [0.1, 0.15) is 12.4 Å². The third-order valence-corrected chi connectivity index (χ3v) is 7.87. The molecule has 5 rings (SSSR count). The topological polar surface area (TPSA) is 74.9 Å². The van der Waals surface area contributed by atoms with Crippen molar-refractivity contribution in [1.82, 2.24) is 9.66 Å². The van der Waals surface area contributed by atoms with Crippen LogP contribution in [0.2, 0.25) is 0 Å². The van der Waals surface area contributed by atoms with Crippen molar-refractivity contribution >= 4 is 33.0 Å². The number of aryl methyl sites for hydroxylation is 1. The predicted molar refractivity (Wildman–Crippen MR) is 181 cm³/mol. The first-order valence-electron chi connectivity index (χ1n) is 14.8. The van der Waals surface area contributed by atoms with Crippen molar-refractivity contribution in [3.05, 3.63) is 116 Å². The highest BCUT2D eigenvalue weighted by atomic mass is 79.9. The average molecular weight is 655 g/mol. The van der Waals surface area contributed by atoms with E-state index in [9.17, 15) is 4.79 Å². The Morgan fingerprint density at radius 3 is 2.30 bits per heavy atom. The molecule has 226 valence electrons. The number of benzene rings is 4. The predicted octanol–water partition coefficient (Wildman–Crippen LogP) is 8.52. The van der Waals surface area contributed by atoms with Gasteiger partial charge in [-0.1, -0.05) is 56.3 Å². The lowest BCUT2D eigenvalue weighted by molar-refractivity contribution is 0.269. The fourth-order valence-electron chi connectivity index (χ4n) is 4.96. The maximum Gasteiger partial charge on any atom is 0.282 e. The molecule has 0 saturated carbocycles. The molecule has 0 spiro atoms. The van der Waals surface area contributed by atoms with Crippen molar-refractivity contribution < 1.29 is 14.2 Å². The number of fused-ring (bicyclic) bond motifs is 1. The minimum Gasteiger partial charge on any atom is -0.494 e. The quantitative estimate of drug-likeness (QED) is 0.134. The number of para-hydroxylation sites is 1. The summed E-state index contributed by atoms with van der Waals surface area (Å²) in [5.41, 5.74) is 4.92. The molecular weight excluding hydrogens is 618 g/mol. The van der Waals surface area contributed by atoms with E-state index < -0.39 is 0 Å². The van der Waals surface area contributed by atoms with Crippen LogP contribution in [0.15, 0.2) is 93.2 Å². The SMILES string of the molecule is CCOc1cc(C=Nn2c(-c3cc(C(C)C)c(OCC)cc3C)nc3ccccc3c2=O)c(Br)cc1OCc1ccccc1. The maximum atomic E-state index is 13.9. The minimum atomic E-state index is -0.259. The lowest BCUT2D eigenvalue weighted by Gasteiger charge is -2.18. The Morgan fingerprint density at radius 1 is 0.886 bits per heavy atom. The summed E-state index contributed by atoms with van der Waals surface area (Å²) in [7, 11) is 0. The van der Waals surface area contributed by atoms with E-state index in [1.54, 1.807) is 12.3 Å². The Labute approximate surface area is 266 Å². The Kier molecular flexibility index (Phi) is 9.80. The summed E-state index contributed by atoms with van der Waals surface area (Å²) in [5, 5.41) is 5.21. The molecular formula is C36H36BrN3O4. The second-order valence-electron chi connectivity index (χ2n) is 10.6. The van der Waals surface area contributed by atoms with Crippen LogP contribution in [0.4, 0.5) is 0 Å². The van der Waals surface area contributed by atoms with Crippen molar-refractivity contribution in [3.8, 4) is 28.6 Å². The molecule has 8 heteroatoms. The number of halogens is 1. The summed E-state index contributed by atoms with van der Waals surface area (Å²) in [4.78, 5) is 18.8. The smallest absolute Gasteiger partial charge is 0.282 e. The molecule has 0 radical (unpaired) electrons. The van der Waals surface area contributed by atoms with E-state index in [0.29, 0.717) is 48.0 Å². The summed E-state index contributed by atoms with van der Waals surface area (Å²) < 4.78 is 20.1. The van der Waals surface area contributed by atoms with Crippen molar-refractivity contribution in [2.24, 2.45) is 5.10 Å². The van der Waals surface area contributed by atoms with Crippen molar-refractivity contribution in [2.45, 2.75) is 47.1 Å². The monoisotopic (exact) mass is 653 g/mol. The van der Waals surface area contributed by atoms with Crippen LogP contribution < -0.4 is 19.8 Å². The summed E-state index contributed by atoms with van der Waals surface area (Å²) in [6, 6.07) is 25.1. The summed E-state index contributed by atoms with van der Waals surface area (Å²) >= 11 is 3.67. The van der Waals surface area contributed by atoms with Crippen molar-refractivity contribution in [1.29, 1.82) is 0 Å². The third-order valence-electron chi connectivity index (χ3n) is 7.19. The molecule has 7 nitrogen and oxygen atoms in total. The fraction of sp³-hybridized carbons (Fsp3) is 0.250. The molecule has 44 heavy (non-hydrogen) atoms. The average Bonchev–Trinajstić information content (AvgIpc) is 3.01. The highest BCUT2D eigenvalue weighted by Gasteiger charge is 2.19. The lowest BCUT2D eigenvalue weighted by atomic mass is 9.96. The lowest BCUT2D eigenvalue weighted by Crippen LogP contribution is -2.21. The Balaban J connectivity index is 1.61. The van der Waals surface area contributed by atoms with Gasteiger partial charge in [-0.05, 0) is 95.7 Å². The number of hydrogen-bond donors (Lipinski definition) is 0. The second-order valence-corrected chi connectivity index (χ2v) is 11.5. The van der Waals surface area contributed by atoms with Crippen LogP contribution in [-0.4, -0.2) is 29.1 Å². The van der Waals surface area contributed by atoms with Gasteiger partial charge in [0.25, 0.3) is 5.56 Å². The van der Waals surface area contributed by atoms with Gasteiger partial charge in [-0.25, -0.2) is 4.98 Å². The molecule has 1 heterocycles. The fourth-order valence-corrected chi connectivity index (χ4v) is 5.39. The zero-order valence-corrected chi connectivity index (χ0v) is 27.2. The zero-order chi connectivity index (χ0) is 31.2. The van der Waals surface area contributed by atoms with Crippen molar-refractivity contribution in [2.75, 3.05) is 13.2 Å². The van der Waals surface area contributed by atoms with E-state index in [2.05, 4.69) is 35.8 Å². The van der Waals surface area contributed by atoms with E-state index in [1.165, 1.54) is 4.68 Å². The largest absolute Gasteiger partial charge is 0.494 e. The van der Waals surface area contributed by atoms with Crippen LogP contribution in [0.1, 0.15) is 55.9 Å². The maximum absolute atomic E-state index is 13.9. The van der Waals surface area contributed by atoms with Gasteiger partial charge in [-0.2, -0.15) is 9.78 Å². The molecule has 0 fully saturated rings. The Morgan fingerprint density at radius 2 is 1.57 bits per heavy atom. The first kappa shape index (κ1) is 31.0. The summed E-state index contributed by atoms with van der Waals surface area (Å²) in [5.74, 6) is 2.69. The number of hydrogen-bond acceptors (Lipinski definition) is 6. The van der Waals surface area contributed by atoms with Crippen LogP contribution in [-0.2, 0) is 6.61 Å². The highest BCUT2D eigenvalue weighted by molar-refractivity contribution is 9.10. The van der Waals surface area contributed by atoms with E-state index in [0.717, 1.165) is 38.0 Å². The molecule has 4 aromatic carbocycles. The summed E-state index contributed by atoms with van der Waals surface area (Å²) in [6.07, 6.45) is 1.64. The number of nitrogens with zero attached hydrogens (tertiary/aromatic N) is 3. The normalized spacial score (nSPS) is 11.4. The van der Waals surface area contributed by atoms with E-state index in [-0.39, 0.29) is 11.5 Å². The molecule has 0 aliphatic rings. The standard InChI is InChI=1S/C36H36BrN3O4/c1-6-42-32-17-24(5)29(19-28(32)23(3)4)35-39-31-16-12-11-15-27(31)36(41)40(35)38-21-26-18-33(43-7-2)34(20-30(26)37)44-22-25-13-9-8-10-14-25/h8-21,23H,6-7,22H2,1-5H3. The molecule has 0 saturated heterocycles. The van der Waals surface area contributed by atoms with Gasteiger partial charge in [0.2, 0.25) is 0 Å². The van der Waals surface area contributed by atoms with Crippen LogP contribution in [0, 0.1) is 6.92 Å². The Bertz CT molecular complexity index is 1870. The first-order chi connectivity index (χ1) is 21.3. The van der Waals surface area contributed by atoms with Gasteiger partial charge in [-0.3, -0.25) is 4.79 Å². The molecule has 0 aliphatic carbocycles. The molecule has 0 atom stereocenters. The van der Waals surface area contributed by atoms with E-state index >= 15 is 0 Å². The van der Waals surface area contributed by atoms with Crippen LogP contribution in [0.5, 0.6) is 17.2 Å². The number of ether oxygens (including phenoxy) is 3. The molecule has 0 N–H and O–H groups in total. The summed E-state index contributed by atoms with van der Waals surface area (Å²) in [6.45, 7) is 11.6. The van der Waals surface area contributed by atoms with E-state index in [4.69, 9.17) is 24.3 Å².